The van der Waals surface area contributed by atoms with Crippen LogP contribution in [0.1, 0.15) is 16.2 Å². The third-order valence-corrected chi connectivity index (χ3v) is 3.87. The van der Waals surface area contributed by atoms with Gasteiger partial charge in [-0.1, -0.05) is 23.4 Å². The molecule has 0 atom stereocenters. The van der Waals surface area contributed by atoms with Crippen molar-refractivity contribution in [2.24, 2.45) is 5.73 Å². The van der Waals surface area contributed by atoms with Crippen LogP contribution in [0.3, 0.4) is 0 Å². The maximum atomic E-state index is 12.2. The molecule has 2 aromatic heterocycles. The number of carbonyl (C=O) groups is 2. The molecule has 128 valence electrons. The number of thiophene rings is 1. The van der Waals surface area contributed by atoms with Crippen LogP contribution in [-0.2, 0) is 16.1 Å². The van der Waals surface area contributed by atoms with Crippen LogP contribution < -0.4 is 10.5 Å². The molecule has 0 unspecified atom stereocenters. The number of nitrogens with zero attached hydrogens (tertiary/aromatic N) is 2. The lowest BCUT2D eigenvalue weighted by atomic mass is 10.2. The summed E-state index contributed by atoms with van der Waals surface area (Å²) in [7, 11) is 0. The topological polar surface area (TPSA) is 118 Å². The van der Waals surface area contributed by atoms with E-state index in [9.17, 15) is 9.59 Å². The summed E-state index contributed by atoms with van der Waals surface area (Å²) in [5.74, 6) is -0.462. The molecule has 0 aliphatic rings. The molecule has 0 radical (unpaired) electrons. The highest BCUT2D eigenvalue weighted by molar-refractivity contribution is 7.13. The average molecular weight is 359 g/mol. The molecule has 0 saturated carbocycles. The van der Waals surface area contributed by atoms with Gasteiger partial charge in [0, 0.05) is 0 Å². The summed E-state index contributed by atoms with van der Waals surface area (Å²) < 4.78 is 15.5. The molecule has 0 fully saturated rings. The molecule has 1 aromatic carbocycles. The Bertz CT molecular complexity index is 876. The van der Waals surface area contributed by atoms with Gasteiger partial charge >= 0.3 is 5.97 Å². The van der Waals surface area contributed by atoms with Crippen molar-refractivity contribution in [1.82, 2.24) is 10.1 Å². The molecular weight excluding hydrogens is 346 g/mol. The van der Waals surface area contributed by atoms with E-state index >= 15 is 0 Å². The number of aromatic nitrogens is 2. The molecule has 25 heavy (non-hydrogen) atoms. The molecular formula is C16H13N3O5S. The summed E-state index contributed by atoms with van der Waals surface area (Å²) in [6.07, 6.45) is 0. The summed E-state index contributed by atoms with van der Waals surface area (Å²) in [5.41, 5.74) is 5.21. The third-order valence-electron chi connectivity index (χ3n) is 3.01. The highest BCUT2D eigenvalue weighted by atomic mass is 32.1. The fourth-order valence-electron chi connectivity index (χ4n) is 1.93. The molecule has 0 aliphatic carbocycles. The number of hydrogen-bond acceptors (Lipinski definition) is 8. The molecule has 0 spiro atoms. The van der Waals surface area contributed by atoms with Gasteiger partial charge in [-0.25, -0.2) is 4.79 Å². The van der Waals surface area contributed by atoms with Crippen LogP contribution in [0.4, 0.5) is 0 Å². The van der Waals surface area contributed by atoms with Crippen LogP contribution >= 0.6 is 11.3 Å². The van der Waals surface area contributed by atoms with Crippen LogP contribution in [0, 0.1) is 0 Å². The molecule has 0 saturated heterocycles. The lowest BCUT2D eigenvalue weighted by molar-refractivity contribution is -0.119. The first-order valence-corrected chi connectivity index (χ1v) is 8.05. The summed E-state index contributed by atoms with van der Waals surface area (Å²) in [6.45, 7) is -0.489. The fourth-order valence-corrected chi connectivity index (χ4v) is 2.58. The molecule has 3 aromatic rings. The van der Waals surface area contributed by atoms with E-state index in [4.69, 9.17) is 19.7 Å². The average Bonchev–Trinajstić information content (AvgIpc) is 3.29. The van der Waals surface area contributed by atoms with Gasteiger partial charge in [0.1, 0.15) is 11.3 Å². The van der Waals surface area contributed by atoms with Crippen molar-refractivity contribution in [3.8, 4) is 16.5 Å². The van der Waals surface area contributed by atoms with Gasteiger partial charge in [-0.15, -0.1) is 11.3 Å². The van der Waals surface area contributed by atoms with Crippen LogP contribution in [0.5, 0.6) is 5.75 Å². The highest BCUT2D eigenvalue weighted by Crippen LogP contribution is 2.23. The van der Waals surface area contributed by atoms with E-state index in [1.54, 1.807) is 18.2 Å². The van der Waals surface area contributed by atoms with Crippen molar-refractivity contribution in [2.45, 2.75) is 6.61 Å². The van der Waals surface area contributed by atoms with E-state index in [2.05, 4.69) is 10.1 Å². The third kappa shape index (κ3) is 4.21. The van der Waals surface area contributed by atoms with Crippen LogP contribution in [0.15, 0.2) is 46.3 Å². The number of para-hydroxylation sites is 1. The van der Waals surface area contributed by atoms with E-state index in [1.165, 1.54) is 17.4 Å². The Morgan fingerprint density at radius 2 is 2.04 bits per heavy atom. The van der Waals surface area contributed by atoms with E-state index in [-0.39, 0.29) is 30.4 Å². The van der Waals surface area contributed by atoms with Gasteiger partial charge in [-0.3, -0.25) is 4.79 Å². The minimum atomic E-state index is -0.643. The number of amides is 1. The molecule has 0 aliphatic heterocycles. The smallest absolute Gasteiger partial charge is 0.342 e. The monoisotopic (exact) mass is 359 g/mol. The highest BCUT2D eigenvalue weighted by Gasteiger charge is 2.16. The van der Waals surface area contributed by atoms with Crippen LogP contribution in [0.2, 0.25) is 0 Å². The minimum Gasteiger partial charge on any atom is -0.483 e. The van der Waals surface area contributed by atoms with Gasteiger partial charge in [0.15, 0.2) is 13.2 Å². The van der Waals surface area contributed by atoms with Crippen LogP contribution in [-0.4, -0.2) is 28.6 Å². The Labute approximate surface area is 146 Å². The van der Waals surface area contributed by atoms with Gasteiger partial charge in [0.2, 0.25) is 5.82 Å². The Balaban J connectivity index is 1.64. The Hall–Kier alpha value is -3.20. The number of rotatable bonds is 7. The standard InChI is InChI=1S/C16H13N3O5S/c17-13(20)8-22-11-5-2-1-4-10(11)16(21)23-9-14-18-15(24-19-14)12-6-3-7-25-12/h1-7H,8-9H2,(H2,17,20). The van der Waals surface area contributed by atoms with Crippen molar-refractivity contribution in [2.75, 3.05) is 6.61 Å². The Kier molecular flexibility index (Phi) is 5.05. The number of carbonyl (C=O) groups excluding carboxylic acids is 2. The molecule has 2 heterocycles. The van der Waals surface area contributed by atoms with E-state index in [1.807, 2.05) is 17.5 Å². The van der Waals surface area contributed by atoms with Gasteiger partial charge in [-0.05, 0) is 23.6 Å². The van der Waals surface area contributed by atoms with Gasteiger partial charge in [-0.2, -0.15) is 4.98 Å². The maximum Gasteiger partial charge on any atom is 0.342 e. The lowest BCUT2D eigenvalue weighted by Gasteiger charge is -2.09. The Morgan fingerprint density at radius 1 is 1.20 bits per heavy atom. The zero-order chi connectivity index (χ0) is 17.6. The summed E-state index contributed by atoms with van der Waals surface area (Å²) in [5, 5.41) is 5.66. The predicted molar refractivity (Wildman–Crippen MR) is 87.9 cm³/mol. The summed E-state index contributed by atoms with van der Waals surface area (Å²) in [6, 6.07) is 10.1. The zero-order valence-corrected chi connectivity index (χ0v) is 13.7. The van der Waals surface area contributed by atoms with E-state index in [0.717, 1.165) is 4.88 Å². The van der Waals surface area contributed by atoms with Crippen molar-refractivity contribution in [1.29, 1.82) is 0 Å². The molecule has 3 rings (SSSR count). The molecule has 2 N–H and O–H groups in total. The van der Waals surface area contributed by atoms with Gasteiger partial charge in [0.25, 0.3) is 11.8 Å². The second-order valence-electron chi connectivity index (χ2n) is 4.82. The normalized spacial score (nSPS) is 10.4. The zero-order valence-electron chi connectivity index (χ0n) is 12.9. The first-order chi connectivity index (χ1) is 12.1. The SMILES string of the molecule is NC(=O)COc1ccccc1C(=O)OCc1noc(-c2cccs2)n1. The van der Waals surface area contributed by atoms with Gasteiger partial charge < -0.3 is 19.7 Å². The number of benzene rings is 1. The second-order valence-corrected chi connectivity index (χ2v) is 5.77. The van der Waals surface area contributed by atoms with Crippen molar-refractivity contribution < 1.29 is 23.6 Å². The number of ether oxygens (including phenoxy) is 2. The van der Waals surface area contributed by atoms with Crippen LogP contribution in [0.25, 0.3) is 10.8 Å². The molecule has 8 nitrogen and oxygen atoms in total. The second kappa shape index (κ2) is 7.58. The van der Waals surface area contributed by atoms with Crippen molar-refractivity contribution in [3.05, 3.63) is 53.2 Å². The van der Waals surface area contributed by atoms with Crippen molar-refractivity contribution >= 4 is 23.2 Å². The summed E-state index contributed by atoms with van der Waals surface area (Å²) in [4.78, 5) is 28.0. The summed E-state index contributed by atoms with van der Waals surface area (Å²) >= 11 is 1.46. The van der Waals surface area contributed by atoms with Crippen molar-refractivity contribution in [3.63, 3.8) is 0 Å². The number of hydrogen-bond donors (Lipinski definition) is 1. The number of primary amides is 1. The predicted octanol–water partition coefficient (Wildman–Crippen LogP) is 2.02. The fraction of sp³-hybridized carbons (Fsp3) is 0.125. The number of nitrogens with two attached hydrogens (primary N) is 1. The van der Waals surface area contributed by atoms with E-state index in [0.29, 0.717) is 5.89 Å². The minimum absolute atomic E-state index is 0.155. The molecule has 1 amide bonds. The van der Waals surface area contributed by atoms with E-state index < -0.39 is 11.9 Å². The lowest BCUT2D eigenvalue weighted by Crippen LogP contribution is -2.21. The first kappa shape index (κ1) is 16.7. The number of esters is 1. The molecule has 0 bridgehead atoms. The van der Waals surface area contributed by atoms with Gasteiger partial charge in [0.05, 0.1) is 4.88 Å². The molecule has 9 heteroatoms. The largest absolute Gasteiger partial charge is 0.483 e. The quantitative estimate of drug-likeness (QED) is 0.641. The first-order valence-electron chi connectivity index (χ1n) is 7.17. The maximum absolute atomic E-state index is 12.2. The Morgan fingerprint density at radius 3 is 2.80 bits per heavy atom.